The fourth-order valence-corrected chi connectivity index (χ4v) is 2.61. The van der Waals surface area contributed by atoms with E-state index in [0.29, 0.717) is 4.36 Å². The summed E-state index contributed by atoms with van der Waals surface area (Å²) in [4.78, 5) is 10.5. The standard InChI is InChI=1S/C7H13AsO2/c1-4-5-6(7(9)10)8(2)3/h5H,4H2,1-3H3,(H,9,10)/b6-5+. The van der Waals surface area contributed by atoms with Crippen molar-refractivity contribution in [1.82, 2.24) is 0 Å². The molecule has 3 heteroatoms. The summed E-state index contributed by atoms with van der Waals surface area (Å²) in [6.45, 7) is 1.96. The van der Waals surface area contributed by atoms with Gasteiger partial charge in [0.2, 0.25) is 0 Å². The molecule has 1 N–H and O–H groups in total. The van der Waals surface area contributed by atoms with Gasteiger partial charge in [0.25, 0.3) is 0 Å². The number of allylic oxidation sites excluding steroid dienone is 1. The molecule has 0 aromatic carbocycles. The molecule has 0 amide bonds. The summed E-state index contributed by atoms with van der Waals surface area (Å²) in [5.74, 6) is -0.730. The van der Waals surface area contributed by atoms with Gasteiger partial charge in [-0.1, -0.05) is 0 Å². The topological polar surface area (TPSA) is 37.3 Å². The molecule has 0 heterocycles. The minimum atomic E-state index is -1.16. The van der Waals surface area contributed by atoms with E-state index in [2.05, 4.69) is 0 Å². The number of hydrogen-bond acceptors (Lipinski definition) is 1. The summed E-state index contributed by atoms with van der Waals surface area (Å²) < 4.78 is 0.662. The third kappa shape index (κ3) is 3.07. The van der Waals surface area contributed by atoms with E-state index in [4.69, 9.17) is 5.11 Å². The van der Waals surface area contributed by atoms with E-state index >= 15 is 0 Å². The molecule has 0 fully saturated rings. The maximum absolute atomic E-state index is 10.5. The van der Waals surface area contributed by atoms with Gasteiger partial charge in [-0.3, -0.25) is 0 Å². The van der Waals surface area contributed by atoms with Crippen LogP contribution in [-0.4, -0.2) is 25.7 Å². The van der Waals surface area contributed by atoms with Crippen molar-refractivity contribution < 1.29 is 9.90 Å². The van der Waals surface area contributed by atoms with Gasteiger partial charge in [0, 0.05) is 0 Å². The van der Waals surface area contributed by atoms with Crippen LogP contribution in [0, 0.1) is 0 Å². The minimum absolute atomic E-state index is 0.662. The first-order valence-electron chi connectivity index (χ1n) is 3.20. The molecule has 0 aromatic rings. The van der Waals surface area contributed by atoms with E-state index in [1.165, 1.54) is 0 Å². The van der Waals surface area contributed by atoms with Crippen molar-refractivity contribution in [2.75, 3.05) is 0 Å². The molecule has 0 radical (unpaired) electrons. The normalized spacial score (nSPS) is 12.2. The Hall–Kier alpha value is -0.232. The molecule has 10 heavy (non-hydrogen) atoms. The van der Waals surface area contributed by atoms with Gasteiger partial charge >= 0.3 is 65.7 Å². The Kier molecular flexibility index (Phi) is 4.46. The first kappa shape index (κ1) is 9.77. The molecule has 0 aliphatic carbocycles. The Morgan fingerprint density at radius 1 is 1.60 bits per heavy atom. The van der Waals surface area contributed by atoms with Crippen molar-refractivity contribution in [3.8, 4) is 0 Å². The van der Waals surface area contributed by atoms with Gasteiger partial charge in [-0.2, -0.15) is 0 Å². The Balaban J connectivity index is 4.27. The molecule has 0 bridgehead atoms. The molecule has 0 saturated carbocycles. The Morgan fingerprint density at radius 2 is 2.10 bits per heavy atom. The molecule has 0 saturated heterocycles. The summed E-state index contributed by atoms with van der Waals surface area (Å²) in [5.41, 5.74) is 4.06. The molecular formula is C7H13AsO2. The second kappa shape index (κ2) is 4.56. The van der Waals surface area contributed by atoms with Gasteiger partial charge in [0.1, 0.15) is 0 Å². The number of rotatable bonds is 3. The van der Waals surface area contributed by atoms with Crippen molar-refractivity contribution in [3.63, 3.8) is 0 Å². The van der Waals surface area contributed by atoms with Crippen molar-refractivity contribution in [1.29, 1.82) is 0 Å². The summed E-state index contributed by atoms with van der Waals surface area (Å²) in [6, 6.07) is 0. The number of aliphatic carboxylic acids is 1. The van der Waals surface area contributed by atoms with Crippen molar-refractivity contribution in [2.45, 2.75) is 24.8 Å². The van der Waals surface area contributed by atoms with Gasteiger partial charge in [0.15, 0.2) is 0 Å². The fourth-order valence-electron chi connectivity index (χ4n) is 0.655. The SMILES string of the molecule is CC/C=C(\C(=O)O)[As](C)C. The molecule has 0 spiro atoms. The monoisotopic (exact) mass is 204 g/mol. The Labute approximate surface area is 66.2 Å². The molecule has 0 rings (SSSR count). The summed E-state index contributed by atoms with van der Waals surface area (Å²) in [5, 5.41) is 8.64. The van der Waals surface area contributed by atoms with Gasteiger partial charge in [-0.15, -0.1) is 0 Å². The van der Waals surface area contributed by atoms with Crippen LogP contribution >= 0.6 is 0 Å². The molecule has 0 aliphatic heterocycles. The maximum atomic E-state index is 10.5. The van der Waals surface area contributed by atoms with E-state index < -0.39 is 20.6 Å². The van der Waals surface area contributed by atoms with Crippen LogP contribution in [0.1, 0.15) is 13.3 Å². The van der Waals surface area contributed by atoms with E-state index in [1.807, 2.05) is 24.4 Å². The van der Waals surface area contributed by atoms with Crippen LogP contribution in [0.4, 0.5) is 0 Å². The second-order valence-electron chi connectivity index (χ2n) is 2.20. The third-order valence-electron chi connectivity index (χ3n) is 1.10. The average Bonchev–Trinajstić information content (AvgIpc) is 1.81. The van der Waals surface area contributed by atoms with Crippen LogP contribution < -0.4 is 0 Å². The second-order valence-corrected chi connectivity index (χ2v) is 6.96. The zero-order chi connectivity index (χ0) is 8.15. The summed E-state index contributed by atoms with van der Waals surface area (Å²) in [7, 11) is 0. The van der Waals surface area contributed by atoms with E-state index in [1.54, 1.807) is 0 Å². The van der Waals surface area contributed by atoms with Crippen LogP contribution in [0.5, 0.6) is 0 Å². The summed E-state index contributed by atoms with van der Waals surface area (Å²) in [6.07, 6.45) is 2.65. The molecule has 2 nitrogen and oxygen atoms in total. The predicted octanol–water partition coefficient (Wildman–Crippen LogP) is 1.70. The quantitative estimate of drug-likeness (QED) is 0.561. The zero-order valence-electron chi connectivity index (χ0n) is 6.59. The van der Waals surface area contributed by atoms with E-state index in [-0.39, 0.29) is 0 Å². The molecule has 0 aromatic heterocycles. The zero-order valence-corrected chi connectivity index (χ0v) is 8.46. The van der Waals surface area contributed by atoms with Gasteiger partial charge in [0.05, 0.1) is 0 Å². The number of carbonyl (C=O) groups is 1. The number of carboxylic acids is 1. The van der Waals surface area contributed by atoms with Crippen LogP contribution in [-0.2, 0) is 4.79 Å². The first-order valence-corrected chi connectivity index (χ1v) is 7.89. The van der Waals surface area contributed by atoms with Gasteiger partial charge < -0.3 is 0 Å². The molecule has 0 atom stereocenters. The van der Waals surface area contributed by atoms with Crippen LogP contribution in [0.2, 0.25) is 11.4 Å². The molecule has 0 unspecified atom stereocenters. The average molecular weight is 204 g/mol. The number of hydrogen-bond donors (Lipinski definition) is 1. The van der Waals surface area contributed by atoms with Crippen LogP contribution in [0.15, 0.2) is 10.4 Å². The van der Waals surface area contributed by atoms with Crippen molar-refractivity contribution in [3.05, 3.63) is 10.4 Å². The third-order valence-corrected chi connectivity index (χ3v) is 3.90. The molecular weight excluding hydrogens is 191 g/mol. The van der Waals surface area contributed by atoms with Crippen molar-refractivity contribution >= 4 is 20.6 Å². The van der Waals surface area contributed by atoms with Gasteiger partial charge in [-0.25, -0.2) is 0 Å². The van der Waals surface area contributed by atoms with E-state index in [9.17, 15) is 4.79 Å². The van der Waals surface area contributed by atoms with Gasteiger partial charge in [-0.05, 0) is 0 Å². The van der Waals surface area contributed by atoms with Crippen LogP contribution in [0.25, 0.3) is 0 Å². The van der Waals surface area contributed by atoms with Crippen molar-refractivity contribution in [2.24, 2.45) is 0 Å². The Morgan fingerprint density at radius 3 is 2.20 bits per heavy atom. The fraction of sp³-hybridized carbons (Fsp3) is 0.571. The molecule has 0 aliphatic rings. The molecule has 58 valence electrons. The number of carboxylic acid groups (broad SMARTS) is 1. The Bertz CT molecular complexity index is 150. The first-order chi connectivity index (χ1) is 4.59. The summed E-state index contributed by atoms with van der Waals surface area (Å²) >= 11 is -1.16. The van der Waals surface area contributed by atoms with Crippen LogP contribution in [0.3, 0.4) is 0 Å². The van der Waals surface area contributed by atoms with E-state index in [0.717, 1.165) is 6.42 Å². The predicted molar refractivity (Wildman–Crippen MR) is 43.5 cm³/mol.